The monoisotopic (exact) mass is 298 g/mol. The summed E-state index contributed by atoms with van der Waals surface area (Å²) in [5, 5.41) is 3.30. The Morgan fingerprint density at radius 2 is 2.20 bits per heavy atom. The molecule has 6 heteroatoms. The molecule has 1 aromatic rings. The van der Waals surface area contributed by atoms with Gasteiger partial charge in [0.1, 0.15) is 0 Å². The average molecular weight is 298 g/mol. The number of rotatable bonds is 5. The molecule has 1 aliphatic rings. The molecule has 5 nitrogen and oxygen atoms in total. The smallest absolute Gasteiger partial charge is 0.175 e. The SMILES string of the molecule is CCC1OCCC1CNc1ccc(S(C)(=O)=O)cc1N. The molecule has 0 spiro atoms. The van der Waals surface area contributed by atoms with Crippen LogP contribution in [0.25, 0.3) is 0 Å². The van der Waals surface area contributed by atoms with Crippen molar-refractivity contribution < 1.29 is 13.2 Å². The third-order valence-corrected chi connectivity index (χ3v) is 4.86. The summed E-state index contributed by atoms with van der Waals surface area (Å²) < 4.78 is 28.6. The molecule has 2 rings (SSSR count). The zero-order valence-corrected chi connectivity index (χ0v) is 12.7. The van der Waals surface area contributed by atoms with Gasteiger partial charge in [-0.2, -0.15) is 0 Å². The normalized spacial score (nSPS) is 22.9. The van der Waals surface area contributed by atoms with Crippen molar-refractivity contribution in [1.82, 2.24) is 0 Å². The van der Waals surface area contributed by atoms with Crippen molar-refractivity contribution in [3.05, 3.63) is 18.2 Å². The summed E-state index contributed by atoms with van der Waals surface area (Å²) in [5.74, 6) is 0.481. The minimum absolute atomic E-state index is 0.246. The quantitative estimate of drug-likeness (QED) is 0.811. The highest BCUT2D eigenvalue weighted by Crippen LogP contribution is 2.26. The largest absolute Gasteiger partial charge is 0.397 e. The Morgan fingerprint density at radius 1 is 1.45 bits per heavy atom. The van der Waals surface area contributed by atoms with Crippen molar-refractivity contribution in [3.63, 3.8) is 0 Å². The summed E-state index contributed by atoms with van der Waals surface area (Å²) in [4.78, 5) is 0.246. The van der Waals surface area contributed by atoms with Crippen LogP contribution in [0.5, 0.6) is 0 Å². The molecule has 1 saturated heterocycles. The highest BCUT2D eigenvalue weighted by Gasteiger charge is 2.26. The highest BCUT2D eigenvalue weighted by molar-refractivity contribution is 7.90. The predicted octanol–water partition coefficient (Wildman–Crippen LogP) is 1.90. The lowest BCUT2D eigenvalue weighted by Gasteiger charge is -2.18. The first-order chi connectivity index (χ1) is 9.41. The summed E-state index contributed by atoms with van der Waals surface area (Å²) in [7, 11) is -3.21. The third kappa shape index (κ3) is 3.43. The summed E-state index contributed by atoms with van der Waals surface area (Å²) in [6.45, 7) is 3.73. The van der Waals surface area contributed by atoms with E-state index in [0.29, 0.717) is 17.7 Å². The lowest BCUT2D eigenvalue weighted by atomic mass is 9.99. The molecule has 0 amide bonds. The van der Waals surface area contributed by atoms with Gasteiger partial charge in [-0.25, -0.2) is 8.42 Å². The first-order valence-corrected chi connectivity index (χ1v) is 8.76. The maximum absolute atomic E-state index is 11.5. The fourth-order valence-electron chi connectivity index (χ4n) is 2.55. The standard InChI is InChI=1S/C14H22N2O3S/c1-3-14-10(6-7-19-14)9-16-13-5-4-11(8-12(13)15)20(2,17)18/h4-5,8,10,14,16H,3,6-7,9,15H2,1-2H3. The van der Waals surface area contributed by atoms with Crippen LogP contribution in [0.4, 0.5) is 11.4 Å². The molecule has 0 radical (unpaired) electrons. The fraction of sp³-hybridized carbons (Fsp3) is 0.571. The van der Waals surface area contributed by atoms with Crippen LogP contribution in [-0.2, 0) is 14.6 Å². The molecule has 0 aliphatic carbocycles. The molecule has 1 aromatic carbocycles. The van der Waals surface area contributed by atoms with Crippen LogP contribution in [0, 0.1) is 5.92 Å². The number of sulfone groups is 1. The maximum atomic E-state index is 11.5. The van der Waals surface area contributed by atoms with Gasteiger partial charge in [0, 0.05) is 25.3 Å². The summed E-state index contributed by atoms with van der Waals surface area (Å²) in [6.07, 6.45) is 3.54. The van der Waals surface area contributed by atoms with Gasteiger partial charge < -0.3 is 15.8 Å². The van der Waals surface area contributed by atoms with Crippen LogP contribution >= 0.6 is 0 Å². The lowest BCUT2D eigenvalue weighted by molar-refractivity contribution is 0.0900. The van der Waals surface area contributed by atoms with E-state index in [1.54, 1.807) is 12.1 Å². The molecule has 0 saturated carbocycles. The van der Waals surface area contributed by atoms with Crippen molar-refractivity contribution in [2.45, 2.75) is 30.8 Å². The van der Waals surface area contributed by atoms with Crippen LogP contribution in [-0.4, -0.2) is 33.9 Å². The van der Waals surface area contributed by atoms with E-state index in [9.17, 15) is 8.42 Å². The van der Waals surface area contributed by atoms with Gasteiger partial charge in [-0.05, 0) is 31.0 Å². The first-order valence-electron chi connectivity index (χ1n) is 6.87. The number of hydrogen-bond acceptors (Lipinski definition) is 5. The van der Waals surface area contributed by atoms with E-state index in [0.717, 1.165) is 31.7 Å². The van der Waals surface area contributed by atoms with Gasteiger partial charge in [-0.1, -0.05) is 6.92 Å². The number of anilines is 2. The summed E-state index contributed by atoms with van der Waals surface area (Å²) >= 11 is 0. The molecule has 2 unspecified atom stereocenters. The van der Waals surface area contributed by atoms with E-state index in [4.69, 9.17) is 10.5 Å². The maximum Gasteiger partial charge on any atom is 0.175 e. The van der Waals surface area contributed by atoms with Crippen LogP contribution in [0.15, 0.2) is 23.1 Å². The van der Waals surface area contributed by atoms with Crippen molar-refractivity contribution in [2.75, 3.05) is 30.5 Å². The Kier molecular flexibility index (Phi) is 4.55. The molecular weight excluding hydrogens is 276 g/mol. The number of nitrogens with two attached hydrogens (primary N) is 1. The van der Waals surface area contributed by atoms with Gasteiger partial charge in [-0.15, -0.1) is 0 Å². The van der Waals surface area contributed by atoms with Gasteiger partial charge in [0.2, 0.25) is 0 Å². The Bertz CT molecular complexity index is 572. The van der Waals surface area contributed by atoms with E-state index < -0.39 is 9.84 Å². The third-order valence-electron chi connectivity index (χ3n) is 3.75. The minimum atomic E-state index is -3.21. The molecule has 1 heterocycles. The molecule has 112 valence electrons. The number of hydrogen-bond donors (Lipinski definition) is 2. The second kappa shape index (κ2) is 6.01. The highest BCUT2D eigenvalue weighted by atomic mass is 32.2. The van der Waals surface area contributed by atoms with Gasteiger partial charge >= 0.3 is 0 Å². The summed E-state index contributed by atoms with van der Waals surface area (Å²) in [5.41, 5.74) is 7.15. The van der Waals surface area contributed by atoms with Gasteiger partial charge in [-0.3, -0.25) is 0 Å². The number of benzene rings is 1. The number of nitrogen functional groups attached to an aromatic ring is 1. The molecule has 0 aromatic heterocycles. The lowest BCUT2D eigenvalue weighted by Crippen LogP contribution is -2.23. The van der Waals surface area contributed by atoms with Crippen LogP contribution in [0.3, 0.4) is 0 Å². The first kappa shape index (κ1) is 15.1. The van der Waals surface area contributed by atoms with Crippen molar-refractivity contribution in [1.29, 1.82) is 0 Å². The van der Waals surface area contributed by atoms with Gasteiger partial charge in [0.15, 0.2) is 9.84 Å². The topological polar surface area (TPSA) is 81.4 Å². The van der Waals surface area contributed by atoms with E-state index in [-0.39, 0.29) is 4.90 Å². The Hall–Kier alpha value is -1.27. The van der Waals surface area contributed by atoms with E-state index >= 15 is 0 Å². The van der Waals surface area contributed by atoms with Gasteiger partial charge in [0.25, 0.3) is 0 Å². The predicted molar refractivity (Wildman–Crippen MR) is 80.6 cm³/mol. The van der Waals surface area contributed by atoms with Crippen molar-refractivity contribution in [3.8, 4) is 0 Å². The minimum Gasteiger partial charge on any atom is -0.397 e. The molecule has 1 fully saturated rings. The van der Waals surface area contributed by atoms with Crippen LogP contribution in [0.2, 0.25) is 0 Å². The van der Waals surface area contributed by atoms with E-state index in [1.807, 2.05) is 0 Å². The molecule has 1 aliphatic heterocycles. The van der Waals surface area contributed by atoms with Gasteiger partial charge in [0.05, 0.1) is 22.4 Å². The zero-order valence-electron chi connectivity index (χ0n) is 11.9. The van der Waals surface area contributed by atoms with Crippen molar-refractivity contribution in [2.24, 2.45) is 5.92 Å². The van der Waals surface area contributed by atoms with E-state index in [1.165, 1.54) is 12.3 Å². The summed E-state index contributed by atoms with van der Waals surface area (Å²) in [6, 6.07) is 4.80. The van der Waals surface area contributed by atoms with Crippen molar-refractivity contribution >= 4 is 21.2 Å². The molecule has 3 N–H and O–H groups in total. The van der Waals surface area contributed by atoms with E-state index in [2.05, 4.69) is 12.2 Å². The second-order valence-corrected chi connectivity index (χ2v) is 7.28. The number of nitrogens with one attached hydrogen (secondary N) is 1. The fourth-order valence-corrected chi connectivity index (χ4v) is 3.21. The Morgan fingerprint density at radius 3 is 2.80 bits per heavy atom. The second-order valence-electron chi connectivity index (χ2n) is 5.27. The Labute approximate surface area is 120 Å². The Balaban J connectivity index is 2.03. The zero-order chi connectivity index (χ0) is 14.8. The molecular formula is C14H22N2O3S. The molecule has 2 atom stereocenters. The molecule has 0 bridgehead atoms. The van der Waals surface area contributed by atoms with Crippen LogP contribution in [0.1, 0.15) is 19.8 Å². The number of ether oxygens (including phenoxy) is 1. The average Bonchev–Trinajstić information content (AvgIpc) is 2.83. The molecule has 20 heavy (non-hydrogen) atoms. The van der Waals surface area contributed by atoms with Crippen LogP contribution < -0.4 is 11.1 Å².